The van der Waals surface area contributed by atoms with Crippen LogP contribution in [0.5, 0.6) is 0 Å². The van der Waals surface area contributed by atoms with Crippen molar-refractivity contribution < 1.29 is 9.59 Å². The Morgan fingerprint density at radius 2 is 1.59 bits per heavy atom. The summed E-state index contributed by atoms with van der Waals surface area (Å²) in [5, 5.41) is 0. The lowest BCUT2D eigenvalue weighted by Gasteiger charge is -2.62. The summed E-state index contributed by atoms with van der Waals surface area (Å²) in [7, 11) is 1.83. The van der Waals surface area contributed by atoms with Crippen molar-refractivity contribution in [1.29, 1.82) is 0 Å². The van der Waals surface area contributed by atoms with E-state index >= 15 is 0 Å². The fourth-order valence-corrected chi connectivity index (χ4v) is 7.11. The Kier molecular flexibility index (Phi) is 5.25. The molecule has 0 heterocycles. The Balaban J connectivity index is 1.58. The van der Waals surface area contributed by atoms with Crippen LogP contribution in [-0.4, -0.2) is 48.3 Å². The van der Waals surface area contributed by atoms with E-state index in [1.807, 2.05) is 25.8 Å². The topological polar surface area (TPSA) is 40.6 Å². The number of aryl methyl sites for hydroxylation is 1. The number of nitrogens with zero attached hydrogens (tertiary/aromatic N) is 2. The normalized spacial score (nSPS) is 32.3. The molecule has 4 fully saturated rings. The van der Waals surface area contributed by atoms with Gasteiger partial charge in [-0.05, 0) is 82.1 Å². The van der Waals surface area contributed by atoms with Gasteiger partial charge in [-0.1, -0.05) is 29.8 Å². The van der Waals surface area contributed by atoms with Crippen molar-refractivity contribution in [1.82, 2.24) is 9.80 Å². The Morgan fingerprint density at radius 1 is 1.00 bits per heavy atom. The van der Waals surface area contributed by atoms with Crippen molar-refractivity contribution in [3.63, 3.8) is 0 Å². The zero-order valence-corrected chi connectivity index (χ0v) is 18.5. The van der Waals surface area contributed by atoms with Gasteiger partial charge in [-0.15, -0.1) is 0 Å². The summed E-state index contributed by atoms with van der Waals surface area (Å²) in [6.07, 6.45) is 6.72. The lowest BCUT2D eigenvalue weighted by Crippen LogP contribution is -2.59. The summed E-state index contributed by atoms with van der Waals surface area (Å²) < 4.78 is 0. The fraction of sp³-hybridized carbons (Fsp3) is 0.680. The van der Waals surface area contributed by atoms with Gasteiger partial charge >= 0.3 is 0 Å². The minimum absolute atomic E-state index is 0.0591. The average molecular weight is 397 g/mol. The highest BCUT2D eigenvalue weighted by Gasteiger charge is 2.61. The molecule has 2 atom stereocenters. The third-order valence-electron chi connectivity index (χ3n) is 8.01. The molecule has 158 valence electrons. The first-order chi connectivity index (χ1) is 13.8. The maximum Gasteiger partial charge on any atom is 0.242 e. The fourth-order valence-electron chi connectivity index (χ4n) is 7.11. The van der Waals surface area contributed by atoms with Crippen molar-refractivity contribution in [2.75, 3.05) is 26.7 Å². The van der Waals surface area contributed by atoms with Crippen LogP contribution in [0.15, 0.2) is 24.3 Å². The van der Waals surface area contributed by atoms with Crippen LogP contribution in [0.1, 0.15) is 63.5 Å². The van der Waals surface area contributed by atoms with Crippen LogP contribution in [0.3, 0.4) is 0 Å². The molecule has 0 radical (unpaired) electrons. The molecule has 0 N–H and O–H groups in total. The predicted octanol–water partition coefficient (Wildman–Crippen LogP) is 4.16. The van der Waals surface area contributed by atoms with Crippen molar-refractivity contribution in [2.45, 2.75) is 64.7 Å². The van der Waals surface area contributed by atoms with Crippen LogP contribution in [0.2, 0.25) is 0 Å². The first-order valence-electron chi connectivity index (χ1n) is 11.4. The summed E-state index contributed by atoms with van der Waals surface area (Å²) in [5.74, 6) is 1.56. The van der Waals surface area contributed by atoms with Gasteiger partial charge in [0.15, 0.2) is 0 Å². The lowest BCUT2D eigenvalue weighted by atomic mass is 9.42. The zero-order valence-electron chi connectivity index (χ0n) is 18.5. The second-order valence-corrected chi connectivity index (χ2v) is 10.1. The molecular weight excluding hydrogens is 360 g/mol. The van der Waals surface area contributed by atoms with Gasteiger partial charge in [0.05, 0.1) is 12.0 Å². The van der Waals surface area contributed by atoms with E-state index in [9.17, 15) is 9.59 Å². The van der Waals surface area contributed by atoms with E-state index < -0.39 is 0 Å². The van der Waals surface area contributed by atoms with E-state index in [1.54, 1.807) is 4.90 Å². The Morgan fingerprint density at radius 3 is 2.14 bits per heavy atom. The molecule has 0 aromatic heterocycles. The first kappa shape index (κ1) is 20.4. The van der Waals surface area contributed by atoms with Crippen molar-refractivity contribution in [2.24, 2.45) is 17.3 Å². The highest BCUT2D eigenvalue weighted by Crippen LogP contribution is 2.66. The zero-order chi connectivity index (χ0) is 20.8. The van der Waals surface area contributed by atoms with E-state index in [4.69, 9.17) is 0 Å². The Hall–Kier alpha value is -1.84. The van der Waals surface area contributed by atoms with Gasteiger partial charge in [-0.2, -0.15) is 0 Å². The molecule has 4 nitrogen and oxygen atoms in total. The van der Waals surface area contributed by atoms with Gasteiger partial charge in [0.2, 0.25) is 11.8 Å². The van der Waals surface area contributed by atoms with Crippen LogP contribution in [0, 0.1) is 24.2 Å². The molecular formula is C25H36N2O2. The molecule has 1 aromatic carbocycles. The Bertz CT molecular complexity index is 767. The number of benzene rings is 1. The standard InChI is InChI=1S/C25H36N2O2/c1-5-27(6-2)22(28)16-26(4)23(29)25-14-19-11-20(15-25)13-24(12-19,17-25)21-9-7-18(3)8-10-21/h7-10,19-20H,5-6,11-17H2,1-4H3. The summed E-state index contributed by atoms with van der Waals surface area (Å²) in [5.41, 5.74) is 2.60. The number of rotatable bonds is 6. The minimum Gasteiger partial charge on any atom is -0.342 e. The second kappa shape index (κ2) is 7.45. The number of carbonyl (C=O) groups is 2. The van der Waals surface area contributed by atoms with Crippen LogP contribution in [-0.2, 0) is 15.0 Å². The number of likely N-dealkylation sites (N-methyl/N-ethyl adjacent to an activating group) is 2. The molecule has 0 spiro atoms. The maximum absolute atomic E-state index is 13.7. The monoisotopic (exact) mass is 396 g/mol. The van der Waals surface area contributed by atoms with Crippen LogP contribution in [0.4, 0.5) is 0 Å². The van der Waals surface area contributed by atoms with Gasteiger partial charge in [0.25, 0.3) is 0 Å². The van der Waals surface area contributed by atoms with Crippen LogP contribution in [0.25, 0.3) is 0 Å². The number of hydrogen-bond acceptors (Lipinski definition) is 2. The molecule has 0 saturated heterocycles. The molecule has 4 saturated carbocycles. The molecule has 4 aliphatic carbocycles. The minimum atomic E-state index is -0.271. The van der Waals surface area contributed by atoms with E-state index in [0.29, 0.717) is 24.9 Å². The Labute approximate surface area is 175 Å². The number of hydrogen-bond donors (Lipinski definition) is 0. The molecule has 5 rings (SSSR count). The van der Waals surface area contributed by atoms with E-state index in [-0.39, 0.29) is 29.2 Å². The summed E-state index contributed by atoms with van der Waals surface area (Å²) in [6.45, 7) is 7.72. The molecule has 2 unspecified atom stereocenters. The third kappa shape index (κ3) is 3.49. The third-order valence-corrected chi connectivity index (χ3v) is 8.01. The van der Waals surface area contributed by atoms with Gasteiger partial charge in [0, 0.05) is 20.1 Å². The van der Waals surface area contributed by atoms with Crippen molar-refractivity contribution in [3.05, 3.63) is 35.4 Å². The lowest BCUT2D eigenvalue weighted by molar-refractivity contribution is -0.161. The van der Waals surface area contributed by atoms with Gasteiger partial charge in [-0.25, -0.2) is 0 Å². The van der Waals surface area contributed by atoms with Gasteiger partial charge < -0.3 is 9.80 Å². The average Bonchev–Trinajstić information content (AvgIpc) is 2.67. The second-order valence-electron chi connectivity index (χ2n) is 10.1. The van der Waals surface area contributed by atoms with Crippen LogP contribution >= 0.6 is 0 Å². The summed E-state index contributed by atoms with van der Waals surface area (Å²) >= 11 is 0. The molecule has 4 heteroatoms. The summed E-state index contributed by atoms with van der Waals surface area (Å²) in [6, 6.07) is 9.04. The highest BCUT2D eigenvalue weighted by molar-refractivity contribution is 5.88. The molecule has 0 aliphatic heterocycles. The predicted molar refractivity (Wildman–Crippen MR) is 116 cm³/mol. The molecule has 2 amide bonds. The van der Waals surface area contributed by atoms with E-state index in [1.165, 1.54) is 30.4 Å². The van der Waals surface area contributed by atoms with Crippen molar-refractivity contribution in [3.8, 4) is 0 Å². The smallest absolute Gasteiger partial charge is 0.242 e. The SMILES string of the molecule is CCN(CC)C(=O)CN(C)C(=O)C12CC3CC(C1)CC(c1ccc(C)cc1)(C3)C2. The van der Waals surface area contributed by atoms with Crippen molar-refractivity contribution >= 4 is 11.8 Å². The molecule has 1 aromatic rings. The number of amides is 2. The maximum atomic E-state index is 13.7. The molecule has 4 aliphatic rings. The molecule has 29 heavy (non-hydrogen) atoms. The first-order valence-corrected chi connectivity index (χ1v) is 11.4. The quantitative estimate of drug-likeness (QED) is 0.724. The molecule has 4 bridgehead atoms. The van der Waals surface area contributed by atoms with E-state index in [0.717, 1.165) is 19.3 Å². The van der Waals surface area contributed by atoms with Crippen LogP contribution < -0.4 is 0 Å². The largest absolute Gasteiger partial charge is 0.342 e. The van der Waals surface area contributed by atoms with Gasteiger partial charge in [-0.3, -0.25) is 9.59 Å². The highest BCUT2D eigenvalue weighted by atomic mass is 16.2. The van der Waals surface area contributed by atoms with Gasteiger partial charge in [0.1, 0.15) is 0 Å². The number of carbonyl (C=O) groups excluding carboxylic acids is 2. The summed E-state index contributed by atoms with van der Waals surface area (Å²) in [4.78, 5) is 29.9. The van der Waals surface area contributed by atoms with E-state index in [2.05, 4.69) is 31.2 Å².